The summed E-state index contributed by atoms with van der Waals surface area (Å²) in [6.07, 6.45) is 1.06. The van der Waals surface area contributed by atoms with E-state index in [1.54, 1.807) is 6.07 Å². The lowest BCUT2D eigenvalue weighted by Crippen LogP contribution is -2.34. The Bertz CT molecular complexity index is 639. The molecule has 1 aromatic heterocycles. The lowest BCUT2D eigenvalue weighted by molar-refractivity contribution is -0.121. The molecule has 0 radical (unpaired) electrons. The zero-order chi connectivity index (χ0) is 17.2. The van der Waals surface area contributed by atoms with Gasteiger partial charge in [-0.2, -0.15) is 0 Å². The second-order valence-electron chi connectivity index (χ2n) is 5.35. The maximum absolute atomic E-state index is 11.7. The molecule has 1 heterocycles. The van der Waals surface area contributed by atoms with E-state index in [4.69, 9.17) is 4.74 Å². The summed E-state index contributed by atoms with van der Waals surface area (Å²) in [6.45, 7) is 3.37. The Morgan fingerprint density at radius 3 is 2.54 bits per heavy atom. The van der Waals surface area contributed by atoms with Crippen molar-refractivity contribution in [3.8, 4) is 5.75 Å². The lowest BCUT2D eigenvalue weighted by Gasteiger charge is -2.08. The highest BCUT2D eigenvalue weighted by Gasteiger charge is 2.05. The van der Waals surface area contributed by atoms with E-state index in [-0.39, 0.29) is 11.8 Å². The molecular weight excluding hydrogens is 324 g/mol. The summed E-state index contributed by atoms with van der Waals surface area (Å²) in [5.74, 6) is 0.677. The van der Waals surface area contributed by atoms with Crippen molar-refractivity contribution in [2.75, 3.05) is 19.7 Å². The molecule has 6 heteroatoms. The van der Waals surface area contributed by atoms with E-state index in [1.807, 2.05) is 42.6 Å². The summed E-state index contributed by atoms with van der Waals surface area (Å²) in [5, 5.41) is 7.41. The van der Waals surface area contributed by atoms with Crippen LogP contribution < -0.4 is 15.4 Å². The zero-order valence-electron chi connectivity index (χ0n) is 13.7. The van der Waals surface area contributed by atoms with Gasteiger partial charge in [0.15, 0.2) is 0 Å². The van der Waals surface area contributed by atoms with Crippen molar-refractivity contribution in [1.82, 2.24) is 10.6 Å². The van der Waals surface area contributed by atoms with E-state index in [0.29, 0.717) is 37.4 Å². The molecule has 5 nitrogen and oxygen atoms in total. The van der Waals surface area contributed by atoms with Crippen LogP contribution in [0.5, 0.6) is 5.75 Å². The maximum Gasteiger partial charge on any atom is 0.261 e. The molecule has 0 saturated carbocycles. The van der Waals surface area contributed by atoms with Gasteiger partial charge in [0, 0.05) is 19.5 Å². The summed E-state index contributed by atoms with van der Waals surface area (Å²) in [4.78, 5) is 24.1. The van der Waals surface area contributed by atoms with Gasteiger partial charge in [0.05, 0.1) is 11.5 Å². The van der Waals surface area contributed by atoms with Crippen LogP contribution in [0.1, 0.15) is 28.1 Å². The van der Waals surface area contributed by atoms with Crippen molar-refractivity contribution in [3.05, 3.63) is 52.2 Å². The minimum Gasteiger partial charge on any atom is -0.494 e. The lowest BCUT2D eigenvalue weighted by atomic mass is 10.2. The van der Waals surface area contributed by atoms with Gasteiger partial charge in [-0.15, -0.1) is 11.3 Å². The van der Waals surface area contributed by atoms with Gasteiger partial charge in [-0.05, 0) is 36.9 Å². The minimum atomic E-state index is -0.106. The van der Waals surface area contributed by atoms with Crippen LogP contribution in [-0.2, 0) is 4.79 Å². The molecule has 0 saturated heterocycles. The number of thiophene rings is 1. The summed E-state index contributed by atoms with van der Waals surface area (Å²) in [6, 6.07) is 11.4. The third-order valence-corrected chi connectivity index (χ3v) is 4.18. The van der Waals surface area contributed by atoms with Crippen LogP contribution in [0.2, 0.25) is 0 Å². The molecule has 2 aromatic rings. The zero-order valence-corrected chi connectivity index (χ0v) is 14.5. The van der Waals surface area contributed by atoms with Gasteiger partial charge in [-0.3, -0.25) is 9.59 Å². The predicted molar refractivity (Wildman–Crippen MR) is 95.6 cm³/mol. The van der Waals surface area contributed by atoms with E-state index in [2.05, 4.69) is 10.6 Å². The molecule has 0 spiro atoms. The van der Waals surface area contributed by atoms with Crippen LogP contribution in [0.15, 0.2) is 41.8 Å². The quantitative estimate of drug-likeness (QED) is 0.686. The van der Waals surface area contributed by atoms with Crippen LogP contribution in [-0.4, -0.2) is 31.5 Å². The van der Waals surface area contributed by atoms with Crippen molar-refractivity contribution in [1.29, 1.82) is 0 Å². The standard InChI is InChI=1S/C18H22N2O3S/c1-14-6-8-15(9-7-14)23-12-2-5-17(21)19-10-11-20-18(22)16-4-3-13-24-16/h3-4,6-9,13H,2,5,10-12H2,1H3,(H,19,21)(H,20,22). The predicted octanol–water partition coefficient (Wildman–Crippen LogP) is 2.76. The van der Waals surface area contributed by atoms with E-state index < -0.39 is 0 Å². The highest BCUT2D eigenvalue weighted by atomic mass is 32.1. The number of nitrogens with one attached hydrogen (secondary N) is 2. The van der Waals surface area contributed by atoms with Crippen molar-refractivity contribution in [2.45, 2.75) is 19.8 Å². The third kappa shape index (κ3) is 6.42. The molecule has 2 N–H and O–H groups in total. The van der Waals surface area contributed by atoms with E-state index in [9.17, 15) is 9.59 Å². The summed E-state index contributed by atoms with van der Waals surface area (Å²) < 4.78 is 5.57. The number of amides is 2. The topological polar surface area (TPSA) is 67.4 Å². The Labute approximate surface area is 146 Å². The fourth-order valence-corrected chi connectivity index (χ4v) is 2.66. The monoisotopic (exact) mass is 346 g/mol. The second kappa shape index (κ2) is 9.72. The van der Waals surface area contributed by atoms with Crippen LogP contribution in [0, 0.1) is 6.92 Å². The molecule has 0 aliphatic rings. The number of hydrogen-bond donors (Lipinski definition) is 2. The number of rotatable bonds is 9. The maximum atomic E-state index is 11.7. The van der Waals surface area contributed by atoms with Crippen molar-refractivity contribution in [3.63, 3.8) is 0 Å². The van der Waals surface area contributed by atoms with E-state index in [0.717, 1.165) is 5.75 Å². The largest absolute Gasteiger partial charge is 0.494 e. The van der Waals surface area contributed by atoms with Gasteiger partial charge in [0.2, 0.25) is 5.91 Å². The highest BCUT2D eigenvalue weighted by molar-refractivity contribution is 7.12. The van der Waals surface area contributed by atoms with Crippen LogP contribution in [0.4, 0.5) is 0 Å². The molecule has 128 valence electrons. The van der Waals surface area contributed by atoms with Gasteiger partial charge in [-0.1, -0.05) is 23.8 Å². The highest BCUT2D eigenvalue weighted by Crippen LogP contribution is 2.11. The number of carbonyl (C=O) groups is 2. The first-order chi connectivity index (χ1) is 11.6. The summed E-state index contributed by atoms with van der Waals surface area (Å²) >= 11 is 1.39. The first-order valence-electron chi connectivity index (χ1n) is 7.93. The van der Waals surface area contributed by atoms with Crippen LogP contribution >= 0.6 is 11.3 Å². The first kappa shape index (κ1) is 18.0. The molecule has 1 aromatic carbocycles. The third-order valence-electron chi connectivity index (χ3n) is 3.32. The van der Waals surface area contributed by atoms with Crippen LogP contribution in [0.3, 0.4) is 0 Å². The number of benzene rings is 1. The molecule has 0 fully saturated rings. The average molecular weight is 346 g/mol. The molecule has 2 rings (SSSR count). The van der Waals surface area contributed by atoms with Crippen LogP contribution in [0.25, 0.3) is 0 Å². The average Bonchev–Trinajstić information content (AvgIpc) is 3.12. The minimum absolute atomic E-state index is 0.0344. The Balaban J connectivity index is 1.50. The number of hydrogen-bond acceptors (Lipinski definition) is 4. The normalized spacial score (nSPS) is 10.2. The van der Waals surface area contributed by atoms with Gasteiger partial charge < -0.3 is 15.4 Å². The second-order valence-corrected chi connectivity index (χ2v) is 6.30. The molecule has 0 aliphatic heterocycles. The Kier molecular flexibility index (Phi) is 7.29. The van der Waals surface area contributed by atoms with E-state index >= 15 is 0 Å². The number of aryl methyl sites for hydroxylation is 1. The van der Waals surface area contributed by atoms with Gasteiger partial charge in [-0.25, -0.2) is 0 Å². The first-order valence-corrected chi connectivity index (χ1v) is 8.81. The van der Waals surface area contributed by atoms with Crippen molar-refractivity contribution < 1.29 is 14.3 Å². The fraction of sp³-hybridized carbons (Fsp3) is 0.333. The van der Waals surface area contributed by atoms with Crippen molar-refractivity contribution >= 4 is 23.2 Å². The molecule has 24 heavy (non-hydrogen) atoms. The van der Waals surface area contributed by atoms with E-state index in [1.165, 1.54) is 16.9 Å². The number of ether oxygens (including phenoxy) is 1. The summed E-state index contributed by atoms with van der Waals surface area (Å²) in [7, 11) is 0. The molecule has 0 aliphatic carbocycles. The Hall–Kier alpha value is -2.34. The molecule has 2 amide bonds. The van der Waals surface area contributed by atoms with Gasteiger partial charge >= 0.3 is 0 Å². The smallest absolute Gasteiger partial charge is 0.261 e. The van der Waals surface area contributed by atoms with Gasteiger partial charge in [0.25, 0.3) is 5.91 Å². The fourth-order valence-electron chi connectivity index (χ4n) is 2.02. The molecular formula is C18H22N2O3S. The van der Waals surface area contributed by atoms with Crippen molar-refractivity contribution in [2.24, 2.45) is 0 Å². The SMILES string of the molecule is Cc1ccc(OCCCC(=O)NCCNC(=O)c2cccs2)cc1. The Morgan fingerprint density at radius 2 is 1.83 bits per heavy atom. The molecule has 0 atom stereocenters. The molecule has 0 bridgehead atoms. The number of carbonyl (C=O) groups excluding carboxylic acids is 2. The molecule has 0 unspecified atom stereocenters. The summed E-state index contributed by atoms with van der Waals surface area (Å²) in [5.41, 5.74) is 1.19. The van der Waals surface area contributed by atoms with Gasteiger partial charge in [0.1, 0.15) is 5.75 Å². The Morgan fingerprint density at radius 1 is 1.08 bits per heavy atom.